The Kier molecular flexibility index (Phi) is 4.83. The number of rotatable bonds is 5. The summed E-state index contributed by atoms with van der Waals surface area (Å²) in [4.78, 5) is 11.5. The monoisotopic (exact) mass is 221 g/mol. The highest BCUT2D eigenvalue weighted by Gasteiger charge is 2.08. The number of nitrogens with one attached hydrogen (secondary N) is 1. The van der Waals surface area contributed by atoms with E-state index in [0.29, 0.717) is 13.0 Å². The molecule has 3 heteroatoms. The summed E-state index contributed by atoms with van der Waals surface area (Å²) in [7, 11) is 0. The van der Waals surface area contributed by atoms with Gasteiger partial charge in [-0.2, -0.15) is 0 Å². The van der Waals surface area contributed by atoms with Gasteiger partial charge in [0.2, 0.25) is 5.91 Å². The molecule has 0 spiro atoms. The Balaban J connectivity index is 2.85. The summed E-state index contributed by atoms with van der Waals surface area (Å²) in [6.07, 6.45) is 1.39. The van der Waals surface area contributed by atoms with E-state index in [1.165, 1.54) is 0 Å². The number of ether oxygens (including phenoxy) is 1. The van der Waals surface area contributed by atoms with Crippen molar-refractivity contribution in [2.45, 2.75) is 33.6 Å². The van der Waals surface area contributed by atoms with Crippen molar-refractivity contribution in [2.75, 3.05) is 11.9 Å². The van der Waals surface area contributed by atoms with Gasteiger partial charge in [0.1, 0.15) is 5.75 Å². The molecule has 88 valence electrons. The predicted molar refractivity (Wildman–Crippen MR) is 65.9 cm³/mol. The van der Waals surface area contributed by atoms with Gasteiger partial charge in [-0.3, -0.25) is 4.79 Å². The summed E-state index contributed by atoms with van der Waals surface area (Å²) < 4.78 is 5.53. The van der Waals surface area contributed by atoms with Crippen LogP contribution < -0.4 is 10.1 Å². The Bertz CT molecular complexity index is 361. The molecule has 1 aromatic carbocycles. The second-order valence-corrected chi connectivity index (χ2v) is 3.68. The van der Waals surface area contributed by atoms with Gasteiger partial charge in [0, 0.05) is 6.42 Å². The molecule has 0 atom stereocenters. The molecule has 0 saturated heterocycles. The summed E-state index contributed by atoms with van der Waals surface area (Å²) in [5.41, 5.74) is 1.80. The van der Waals surface area contributed by atoms with Gasteiger partial charge in [-0.25, -0.2) is 0 Å². The minimum Gasteiger partial charge on any atom is -0.491 e. The second-order valence-electron chi connectivity index (χ2n) is 3.68. The molecule has 0 aliphatic carbocycles. The highest BCUT2D eigenvalue weighted by Crippen LogP contribution is 2.28. The van der Waals surface area contributed by atoms with E-state index in [1.54, 1.807) is 0 Å². The number of amides is 1. The van der Waals surface area contributed by atoms with Crippen LogP contribution in [-0.2, 0) is 4.79 Å². The number of hydrogen-bond acceptors (Lipinski definition) is 2. The minimum atomic E-state index is 0.0362. The lowest BCUT2D eigenvalue weighted by Gasteiger charge is -2.13. The Morgan fingerprint density at radius 2 is 2.12 bits per heavy atom. The number of anilines is 1. The largest absolute Gasteiger partial charge is 0.491 e. The molecule has 1 aromatic rings. The van der Waals surface area contributed by atoms with Gasteiger partial charge >= 0.3 is 0 Å². The molecule has 0 aliphatic rings. The maximum Gasteiger partial charge on any atom is 0.224 e. The summed E-state index contributed by atoms with van der Waals surface area (Å²) in [6, 6.07) is 5.76. The van der Waals surface area contributed by atoms with Crippen LogP contribution in [-0.4, -0.2) is 12.5 Å². The van der Waals surface area contributed by atoms with E-state index in [9.17, 15) is 4.79 Å². The Hall–Kier alpha value is -1.51. The molecular formula is C13H19NO2. The molecule has 3 nitrogen and oxygen atoms in total. The lowest BCUT2D eigenvalue weighted by molar-refractivity contribution is -0.116. The van der Waals surface area contributed by atoms with Crippen molar-refractivity contribution in [2.24, 2.45) is 0 Å². The second kappa shape index (κ2) is 6.16. The lowest BCUT2D eigenvalue weighted by atomic mass is 10.2. The van der Waals surface area contributed by atoms with E-state index < -0.39 is 0 Å². The molecule has 1 N–H and O–H groups in total. The molecule has 1 rings (SSSR count). The van der Waals surface area contributed by atoms with Gasteiger partial charge in [-0.15, -0.1) is 0 Å². The van der Waals surface area contributed by atoms with Crippen LogP contribution in [0.3, 0.4) is 0 Å². The van der Waals surface area contributed by atoms with Gasteiger partial charge in [0.15, 0.2) is 0 Å². The molecule has 0 aliphatic heterocycles. The number of para-hydroxylation sites is 1. The van der Waals surface area contributed by atoms with Gasteiger partial charge in [-0.1, -0.05) is 19.1 Å². The van der Waals surface area contributed by atoms with Gasteiger partial charge in [0.05, 0.1) is 12.3 Å². The molecule has 0 heterocycles. The average molecular weight is 221 g/mol. The van der Waals surface area contributed by atoms with Crippen LogP contribution in [0.1, 0.15) is 32.3 Å². The SMILES string of the molecule is CCCC(=O)Nc1cccc(C)c1OCC. The molecule has 1 amide bonds. The molecule has 0 aromatic heterocycles. The smallest absolute Gasteiger partial charge is 0.224 e. The van der Waals surface area contributed by atoms with Crippen molar-refractivity contribution in [3.8, 4) is 5.75 Å². The summed E-state index contributed by atoms with van der Waals surface area (Å²) in [5, 5.41) is 2.87. The van der Waals surface area contributed by atoms with Crippen LogP contribution >= 0.6 is 0 Å². The topological polar surface area (TPSA) is 38.3 Å². The van der Waals surface area contributed by atoms with E-state index >= 15 is 0 Å². The average Bonchev–Trinajstić information content (AvgIpc) is 2.23. The predicted octanol–water partition coefficient (Wildman–Crippen LogP) is 3.13. The fourth-order valence-corrected chi connectivity index (χ4v) is 1.53. The third-order valence-electron chi connectivity index (χ3n) is 2.25. The quantitative estimate of drug-likeness (QED) is 0.829. The number of carbonyl (C=O) groups excluding carboxylic acids is 1. The van der Waals surface area contributed by atoms with E-state index in [4.69, 9.17) is 4.74 Å². The van der Waals surface area contributed by atoms with Crippen molar-refractivity contribution in [1.29, 1.82) is 0 Å². The van der Waals surface area contributed by atoms with Gasteiger partial charge in [-0.05, 0) is 31.9 Å². The van der Waals surface area contributed by atoms with Crippen molar-refractivity contribution in [3.63, 3.8) is 0 Å². The minimum absolute atomic E-state index is 0.0362. The van der Waals surface area contributed by atoms with E-state index in [2.05, 4.69) is 5.32 Å². The normalized spacial score (nSPS) is 9.94. The summed E-state index contributed by atoms with van der Waals surface area (Å²) in [6.45, 7) is 6.49. The maximum atomic E-state index is 11.5. The molecule has 0 radical (unpaired) electrons. The van der Waals surface area contributed by atoms with Crippen LogP contribution in [0.4, 0.5) is 5.69 Å². The molecule has 0 fully saturated rings. The van der Waals surface area contributed by atoms with Crippen molar-refractivity contribution < 1.29 is 9.53 Å². The molecule has 0 bridgehead atoms. The van der Waals surface area contributed by atoms with Crippen molar-refractivity contribution in [3.05, 3.63) is 23.8 Å². The van der Waals surface area contributed by atoms with Crippen LogP contribution in [0, 0.1) is 6.92 Å². The lowest BCUT2D eigenvalue weighted by Crippen LogP contribution is -2.12. The fraction of sp³-hybridized carbons (Fsp3) is 0.462. The van der Waals surface area contributed by atoms with Gasteiger partial charge in [0.25, 0.3) is 0 Å². The first kappa shape index (κ1) is 12.6. The number of aryl methyl sites for hydroxylation is 1. The van der Waals surface area contributed by atoms with Crippen molar-refractivity contribution >= 4 is 11.6 Å². The third-order valence-corrected chi connectivity index (χ3v) is 2.25. The maximum absolute atomic E-state index is 11.5. The van der Waals surface area contributed by atoms with Crippen LogP contribution in [0.5, 0.6) is 5.75 Å². The van der Waals surface area contributed by atoms with Crippen molar-refractivity contribution in [1.82, 2.24) is 0 Å². The number of benzene rings is 1. The molecule has 0 saturated carbocycles. The first-order valence-corrected chi connectivity index (χ1v) is 5.71. The number of carbonyl (C=O) groups is 1. The first-order valence-electron chi connectivity index (χ1n) is 5.71. The Labute approximate surface area is 96.8 Å². The van der Waals surface area contributed by atoms with E-state index in [1.807, 2.05) is 39.0 Å². The van der Waals surface area contributed by atoms with Crippen LogP contribution in [0.2, 0.25) is 0 Å². The Morgan fingerprint density at radius 1 is 1.38 bits per heavy atom. The summed E-state index contributed by atoms with van der Waals surface area (Å²) in [5.74, 6) is 0.809. The standard InChI is InChI=1S/C13H19NO2/c1-4-7-12(15)14-11-9-6-8-10(3)13(11)16-5-2/h6,8-9H,4-5,7H2,1-3H3,(H,14,15). The summed E-state index contributed by atoms with van der Waals surface area (Å²) >= 11 is 0. The zero-order chi connectivity index (χ0) is 12.0. The first-order chi connectivity index (χ1) is 7.69. The molecule has 0 unspecified atom stereocenters. The van der Waals surface area contributed by atoms with Crippen LogP contribution in [0.15, 0.2) is 18.2 Å². The van der Waals surface area contributed by atoms with Gasteiger partial charge < -0.3 is 10.1 Å². The highest BCUT2D eigenvalue weighted by atomic mass is 16.5. The highest BCUT2D eigenvalue weighted by molar-refractivity contribution is 5.92. The van der Waals surface area contributed by atoms with Crippen LogP contribution in [0.25, 0.3) is 0 Å². The van der Waals surface area contributed by atoms with E-state index in [-0.39, 0.29) is 5.91 Å². The Morgan fingerprint density at radius 3 is 2.75 bits per heavy atom. The zero-order valence-corrected chi connectivity index (χ0v) is 10.2. The fourth-order valence-electron chi connectivity index (χ4n) is 1.53. The van der Waals surface area contributed by atoms with E-state index in [0.717, 1.165) is 23.4 Å². The number of hydrogen-bond donors (Lipinski definition) is 1. The molecule has 16 heavy (non-hydrogen) atoms. The third kappa shape index (κ3) is 3.26. The zero-order valence-electron chi connectivity index (χ0n) is 10.2. The molecular weight excluding hydrogens is 202 g/mol.